The number of aromatic nitrogens is 1. The summed E-state index contributed by atoms with van der Waals surface area (Å²) >= 11 is 0. The molecule has 0 amide bonds. The minimum Gasteiger partial charge on any atom is -0.494 e. The van der Waals surface area contributed by atoms with Gasteiger partial charge >= 0.3 is 0 Å². The molecule has 0 fully saturated rings. The standard InChI is InChI=1S/C22H26N2O4S/c1-6-27-19-10-8-18(9-11-19)22-23-20(17(4)28-22)14-24(5)29(25,26)21-12-7-15(2)13-16(21)3/h7-13H,6,14H2,1-5H3. The third kappa shape index (κ3) is 4.52. The van der Waals surface area contributed by atoms with Crippen molar-refractivity contribution in [3.8, 4) is 17.2 Å². The second kappa shape index (κ2) is 8.39. The first-order valence-electron chi connectivity index (χ1n) is 9.45. The first kappa shape index (κ1) is 21.1. The van der Waals surface area contributed by atoms with Crippen molar-refractivity contribution in [2.24, 2.45) is 0 Å². The number of ether oxygens (including phenoxy) is 1. The van der Waals surface area contributed by atoms with Crippen LogP contribution in [0, 0.1) is 20.8 Å². The first-order valence-corrected chi connectivity index (χ1v) is 10.9. The molecule has 1 heterocycles. The third-order valence-electron chi connectivity index (χ3n) is 4.70. The summed E-state index contributed by atoms with van der Waals surface area (Å²) in [5.41, 5.74) is 3.15. The molecule has 0 atom stereocenters. The second-order valence-corrected chi connectivity index (χ2v) is 9.02. The van der Waals surface area contributed by atoms with Crippen LogP contribution in [0.2, 0.25) is 0 Å². The van der Waals surface area contributed by atoms with Gasteiger partial charge in [-0.2, -0.15) is 4.31 Å². The van der Waals surface area contributed by atoms with E-state index in [1.807, 2.05) is 44.2 Å². The Bertz CT molecular complexity index is 1100. The van der Waals surface area contributed by atoms with Gasteiger partial charge in [-0.05, 0) is 63.6 Å². The molecule has 1 aromatic heterocycles. The van der Waals surface area contributed by atoms with Crippen molar-refractivity contribution >= 4 is 10.0 Å². The molecule has 3 rings (SSSR count). The van der Waals surface area contributed by atoms with Crippen molar-refractivity contribution in [2.75, 3.05) is 13.7 Å². The van der Waals surface area contributed by atoms with Crippen LogP contribution in [0.4, 0.5) is 0 Å². The largest absolute Gasteiger partial charge is 0.494 e. The van der Waals surface area contributed by atoms with E-state index in [2.05, 4.69) is 4.98 Å². The molecule has 0 radical (unpaired) electrons. The number of hydrogen-bond acceptors (Lipinski definition) is 5. The van der Waals surface area contributed by atoms with E-state index in [9.17, 15) is 8.42 Å². The molecule has 0 spiro atoms. The van der Waals surface area contributed by atoms with E-state index in [1.165, 1.54) is 4.31 Å². The fourth-order valence-electron chi connectivity index (χ4n) is 3.11. The zero-order chi connectivity index (χ0) is 21.2. The molecule has 0 saturated heterocycles. The Hall–Kier alpha value is -2.64. The summed E-state index contributed by atoms with van der Waals surface area (Å²) < 4.78 is 38.6. The average Bonchev–Trinajstić information content (AvgIpc) is 3.02. The van der Waals surface area contributed by atoms with Crippen molar-refractivity contribution < 1.29 is 17.6 Å². The fourth-order valence-corrected chi connectivity index (χ4v) is 4.44. The maximum atomic E-state index is 13.0. The monoisotopic (exact) mass is 414 g/mol. The van der Waals surface area contributed by atoms with E-state index < -0.39 is 10.0 Å². The van der Waals surface area contributed by atoms with Crippen LogP contribution >= 0.6 is 0 Å². The van der Waals surface area contributed by atoms with Gasteiger partial charge in [0.25, 0.3) is 0 Å². The van der Waals surface area contributed by atoms with Crippen LogP contribution in [0.25, 0.3) is 11.5 Å². The topological polar surface area (TPSA) is 72.6 Å². The molecule has 0 bridgehead atoms. The highest BCUT2D eigenvalue weighted by molar-refractivity contribution is 7.89. The van der Waals surface area contributed by atoms with Gasteiger partial charge in [-0.3, -0.25) is 0 Å². The van der Waals surface area contributed by atoms with Gasteiger partial charge in [0.05, 0.1) is 23.7 Å². The first-order chi connectivity index (χ1) is 13.7. The Morgan fingerprint density at radius 2 is 1.76 bits per heavy atom. The Kier molecular flexibility index (Phi) is 6.10. The van der Waals surface area contributed by atoms with Crippen LogP contribution in [0.15, 0.2) is 51.8 Å². The van der Waals surface area contributed by atoms with E-state index in [4.69, 9.17) is 9.15 Å². The highest BCUT2D eigenvalue weighted by Crippen LogP contribution is 2.26. The SMILES string of the molecule is CCOc1ccc(-c2nc(CN(C)S(=O)(=O)c3ccc(C)cc3C)c(C)o2)cc1. The van der Waals surface area contributed by atoms with Crippen LogP contribution in [0.3, 0.4) is 0 Å². The third-order valence-corrected chi connectivity index (χ3v) is 6.66. The second-order valence-electron chi connectivity index (χ2n) is 7.01. The summed E-state index contributed by atoms with van der Waals surface area (Å²) in [7, 11) is -2.08. The number of benzene rings is 2. The summed E-state index contributed by atoms with van der Waals surface area (Å²) in [6, 6.07) is 12.8. The van der Waals surface area contributed by atoms with Gasteiger partial charge in [0, 0.05) is 12.6 Å². The number of nitrogens with zero attached hydrogens (tertiary/aromatic N) is 2. The molecule has 0 aliphatic carbocycles. The van der Waals surface area contributed by atoms with E-state index >= 15 is 0 Å². The molecule has 0 unspecified atom stereocenters. The summed E-state index contributed by atoms with van der Waals surface area (Å²) in [6.45, 7) is 8.19. The molecular formula is C22H26N2O4S. The maximum Gasteiger partial charge on any atom is 0.243 e. The molecule has 0 aliphatic rings. The molecule has 7 heteroatoms. The molecule has 29 heavy (non-hydrogen) atoms. The van der Waals surface area contributed by atoms with Gasteiger partial charge in [-0.25, -0.2) is 13.4 Å². The highest BCUT2D eigenvalue weighted by atomic mass is 32.2. The molecular weight excluding hydrogens is 388 g/mol. The molecule has 154 valence electrons. The minimum absolute atomic E-state index is 0.127. The van der Waals surface area contributed by atoms with Gasteiger partial charge in [-0.15, -0.1) is 0 Å². The van der Waals surface area contributed by atoms with Crippen LogP contribution < -0.4 is 4.74 Å². The van der Waals surface area contributed by atoms with Gasteiger partial charge in [0.2, 0.25) is 15.9 Å². The number of rotatable bonds is 7. The van der Waals surface area contributed by atoms with E-state index in [-0.39, 0.29) is 6.54 Å². The predicted molar refractivity (Wildman–Crippen MR) is 112 cm³/mol. The quantitative estimate of drug-likeness (QED) is 0.570. The lowest BCUT2D eigenvalue weighted by atomic mass is 10.2. The molecule has 0 saturated carbocycles. The number of oxazole rings is 1. The molecule has 0 N–H and O–H groups in total. The fraction of sp³-hybridized carbons (Fsp3) is 0.318. The Labute approximate surface area is 172 Å². The lowest BCUT2D eigenvalue weighted by Gasteiger charge is -2.18. The summed E-state index contributed by atoms with van der Waals surface area (Å²) in [6.07, 6.45) is 0. The van der Waals surface area contributed by atoms with Gasteiger partial charge in [0.1, 0.15) is 11.5 Å². The Morgan fingerprint density at radius 1 is 1.07 bits per heavy atom. The zero-order valence-electron chi connectivity index (χ0n) is 17.4. The van der Waals surface area contributed by atoms with Crippen molar-refractivity contribution in [3.63, 3.8) is 0 Å². The van der Waals surface area contributed by atoms with Crippen LogP contribution in [0.5, 0.6) is 5.75 Å². The maximum absolute atomic E-state index is 13.0. The van der Waals surface area contributed by atoms with E-state index in [1.54, 1.807) is 33.0 Å². The van der Waals surface area contributed by atoms with Crippen LogP contribution in [-0.4, -0.2) is 31.4 Å². The molecule has 3 aromatic rings. The van der Waals surface area contributed by atoms with Crippen LogP contribution in [0.1, 0.15) is 29.5 Å². The normalized spacial score (nSPS) is 11.8. The van der Waals surface area contributed by atoms with E-state index in [0.29, 0.717) is 28.8 Å². The van der Waals surface area contributed by atoms with Gasteiger partial charge in [0.15, 0.2) is 0 Å². The van der Waals surface area contributed by atoms with Crippen molar-refractivity contribution in [2.45, 2.75) is 39.1 Å². The van der Waals surface area contributed by atoms with Crippen LogP contribution in [-0.2, 0) is 16.6 Å². The zero-order valence-corrected chi connectivity index (χ0v) is 18.2. The lowest BCUT2D eigenvalue weighted by Crippen LogP contribution is -2.27. The van der Waals surface area contributed by atoms with E-state index in [0.717, 1.165) is 22.4 Å². The molecule has 6 nitrogen and oxygen atoms in total. The number of sulfonamides is 1. The summed E-state index contributed by atoms with van der Waals surface area (Å²) in [5.74, 6) is 1.83. The number of hydrogen-bond donors (Lipinski definition) is 0. The van der Waals surface area contributed by atoms with Crippen molar-refractivity contribution in [1.29, 1.82) is 0 Å². The highest BCUT2D eigenvalue weighted by Gasteiger charge is 2.25. The van der Waals surface area contributed by atoms with Gasteiger partial charge < -0.3 is 9.15 Å². The smallest absolute Gasteiger partial charge is 0.243 e. The van der Waals surface area contributed by atoms with Gasteiger partial charge in [-0.1, -0.05) is 17.7 Å². The molecule has 2 aromatic carbocycles. The summed E-state index contributed by atoms with van der Waals surface area (Å²) in [5, 5.41) is 0. The number of aryl methyl sites for hydroxylation is 3. The lowest BCUT2D eigenvalue weighted by molar-refractivity contribution is 0.340. The van der Waals surface area contributed by atoms with Crippen molar-refractivity contribution in [1.82, 2.24) is 9.29 Å². The summed E-state index contributed by atoms with van der Waals surface area (Å²) in [4.78, 5) is 4.83. The Morgan fingerprint density at radius 3 is 2.38 bits per heavy atom. The average molecular weight is 415 g/mol. The molecule has 0 aliphatic heterocycles. The predicted octanol–water partition coefficient (Wildman–Crippen LogP) is 4.49. The van der Waals surface area contributed by atoms with Crippen molar-refractivity contribution in [3.05, 3.63) is 65.0 Å². The Balaban J connectivity index is 1.83. The minimum atomic E-state index is -3.63.